The number of allylic oxidation sites excluding steroid dienone is 1. The van der Waals surface area contributed by atoms with E-state index in [-0.39, 0.29) is 0 Å². The maximum Gasteiger partial charge on any atom is 0.164 e. The van der Waals surface area contributed by atoms with E-state index in [2.05, 4.69) is 38.5 Å². The normalized spacial score (nSPS) is 11.0. The molecule has 0 unspecified atom stereocenters. The molecule has 0 radical (unpaired) electrons. The number of aromatic nitrogens is 4. The summed E-state index contributed by atoms with van der Waals surface area (Å²) >= 11 is 0. The van der Waals surface area contributed by atoms with Gasteiger partial charge in [0.05, 0.1) is 5.52 Å². The Labute approximate surface area is 130 Å². The van der Waals surface area contributed by atoms with Gasteiger partial charge in [-0.15, -0.1) is 16.8 Å². The highest BCUT2D eigenvalue weighted by Gasteiger charge is 2.13. The zero-order valence-corrected chi connectivity index (χ0v) is 13.1. The summed E-state index contributed by atoms with van der Waals surface area (Å²) in [7, 11) is 2.03. The number of unbranched alkanes of at least 4 members (excludes halogenated alkanes) is 1. The lowest BCUT2D eigenvalue weighted by molar-refractivity contribution is 0.733. The molecule has 0 aliphatic rings. The van der Waals surface area contributed by atoms with E-state index in [1.165, 1.54) is 0 Å². The molecule has 1 aromatic carbocycles. The van der Waals surface area contributed by atoms with Gasteiger partial charge >= 0.3 is 0 Å². The van der Waals surface area contributed by atoms with Gasteiger partial charge in [-0.3, -0.25) is 4.98 Å². The number of hydrogen-bond donors (Lipinski definition) is 0. The summed E-state index contributed by atoms with van der Waals surface area (Å²) < 4.78 is 2.08. The van der Waals surface area contributed by atoms with Crippen molar-refractivity contribution in [1.29, 1.82) is 0 Å². The second-order valence-electron chi connectivity index (χ2n) is 5.50. The van der Waals surface area contributed by atoms with Crippen molar-refractivity contribution in [2.24, 2.45) is 7.05 Å². The van der Waals surface area contributed by atoms with Crippen molar-refractivity contribution in [2.75, 3.05) is 0 Å². The predicted octanol–water partition coefficient (Wildman–Crippen LogP) is 3.85. The summed E-state index contributed by atoms with van der Waals surface area (Å²) in [5.41, 5.74) is 3.09. The van der Waals surface area contributed by atoms with E-state index >= 15 is 0 Å². The molecule has 0 amide bonds. The van der Waals surface area contributed by atoms with Gasteiger partial charge in [-0.25, -0.2) is 0 Å². The van der Waals surface area contributed by atoms with Crippen LogP contribution in [-0.2, 0) is 13.5 Å². The van der Waals surface area contributed by atoms with Gasteiger partial charge in [0.25, 0.3) is 0 Å². The molecule has 3 aromatic rings. The van der Waals surface area contributed by atoms with Gasteiger partial charge in [-0.1, -0.05) is 24.3 Å². The second kappa shape index (κ2) is 6.10. The van der Waals surface area contributed by atoms with Gasteiger partial charge in [0.1, 0.15) is 5.82 Å². The monoisotopic (exact) mass is 292 g/mol. The number of pyridine rings is 1. The zero-order valence-electron chi connectivity index (χ0n) is 13.1. The van der Waals surface area contributed by atoms with Gasteiger partial charge in [0, 0.05) is 30.1 Å². The largest absolute Gasteiger partial charge is 0.314 e. The molecular weight excluding hydrogens is 272 g/mol. The molecule has 2 heterocycles. The number of hydrogen-bond acceptors (Lipinski definition) is 3. The van der Waals surface area contributed by atoms with Gasteiger partial charge in [-0.2, -0.15) is 0 Å². The van der Waals surface area contributed by atoms with E-state index in [0.717, 1.165) is 53.1 Å². The molecule has 4 heteroatoms. The number of fused-ring (bicyclic) bond motifs is 1. The van der Waals surface area contributed by atoms with Crippen molar-refractivity contribution in [3.63, 3.8) is 0 Å². The van der Waals surface area contributed by atoms with E-state index in [4.69, 9.17) is 0 Å². The van der Waals surface area contributed by atoms with Crippen LogP contribution < -0.4 is 0 Å². The number of rotatable bonds is 5. The van der Waals surface area contributed by atoms with Gasteiger partial charge < -0.3 is 4.57 Å². The fraction of sp³-hybridized carbons (Fsp3) is 0.278. The minimum atomic E-state index is 0.893. The van der Waals surface area contributed by atoms with Crippen molar-refractivity contribution in [3.05, 3.63) is 54.5 Å². The molecule has 112 valence electrons. The average molecular weight is 292 g/mol. The summed E-state index contributed by atoms with van der Waals surface area (Å²) in [6.45, 7) is 5.76. The van der Waals surface area contributed by atoms with Crippen LogP contribution in [-0.4, -0.2) is 19.7 Å². The lowest BCUT2D eigenvalue weighted by atomic mass is 10.1. The molecular formula is C18H20N4. The SMILES string of the molecule is C=CCCCc1nnc(-c2cccc3nc(C)ccc23)n1C. The topological polar surface area (TPSA) is 43.6 Å². The maximum atomic E-state index is 4.59. The Hall–Kier alpha value is -2.49. The second-order valence-corrected chi connectivity index (χ2v) is 5.50. The summed E-state index contributed by atoms with van der Waals surface area (Å²) in [6, 6.07) is 10.3. The van der Waals surface area contributed by atoms with Crippen molar-refractivity contribution >= 4 is 10.9 Å². The minimum Gasteiger partial charge on any atom is -0.314 e. The highest BCUT2D eigenvalue weighted by Crippen LogP contribution is 2.26. The molecule has 0 atom stereocenters. The number of aryl methyl sites for hydroxylation is 2. The van der Waals surface area contributed by atoms with Crippen LogP contribution in [0.2, 0.25) is 0 Å². The van der Waals surface area contributed by atoms with Crippen LogP contribution in [0, 0.1) is 6.92 Å². The summed E-state index contributed by atoms with van der Waals surface area (Å²) in [6.07, 6.45) is 4.90. The smallest absolute Gasteiger partial charge is 0.164 e. The van der Waals surface area contributed by atoms with E-state index in [1.54, 1.807) is 0 Å². The fourth-order valence-electron chi connectivity index (χ4n) is 2.67. The van der Waals surface area contributed by atoms with Crippen LogP contribution in [0.15, 0.2) is 43.0 Å². The molecule has 3 rings (SSSR count). The fourth-order valence-corrected chi connectivity index (χ4v) is 2.67. The van der Waals surface area contributed by atoms with Gasteiger partial charge in [0.2, 0.25) is 0 Å². The minimum absolute atomic E-state index is 0.893. The van der Waals surface area contributed by atoms with Gasteiger partial charge in [-0.05, 0) is 31.9 Å². The molecule has 0 spiro atoms. The first-order chi connectivity index (χ1) is 10.7. The third-order valence-corrected chi connectivity index (χ3v) is 3.89. The molecule has 4 nitrogen and oxygen atoms in total. The summed E-state index contributed by atoms with van der Waals surface area (Å²) in [4.78, 5) is 4.59. The Morgan fingerprint density at radius 2 is 2.05 bits per heavy atom. The molecule has 2 aromatic heterocycles. The zero-order chi connectivity index (χ0) is 15.5. The quantitative estimate of drug-likeness (QED) is 0.530. The summed E-state index contributed by atoms with van der Waals surface area (Å²) in [5.74, 6) is 1.90. The van der Waals surface area contributed by atoms with Crippen LogP contribution in [0.25, 0.3) is 22.3 Å². The third kappa shape index (κ3) is 2.64. The lowest BCUT2D eigenvalue weighted by Crippen LogP contribution is -2.00. The third-order valence-electron chi connectivity index (χ3n) is 3.89. The first kappa shape index (κ1) is 14.4. The Morgan fingerprint density at radius 3 is 2.86 bits per heavy atom. The van der Waals surface area contributed by atoms with Crippen molar-refractivity contribution in [1.82, 2.24) is 19.7 Å². The van der Waals surface area contributed by atoms with E-state index in [0.29, 0.717) is 0 Å². The van der Waals surface area contributed by atoms with Crippen LogP contribution in [0.4, 0.5) is 0 Å². The Morgan fingerprint density at radius 1 is 1.18 bits per heavy atom. The van der Waals surface area contributed by atoms with Crippen molar-refractivity contribution in [3.8, 4) is 11.4 Å². The van der Waals surface area contributed by atoms with Crippen molar-refractivity contribution < 1.29 is 0 Å². The first-order valence-corrected chi connectivity index (χ1v) is 7.56. The molecule has 0 aliphatic carbocycles. The molecule has 0 saturated heterocycles. The van der Waals surface area contributed by atoms with Crippen LogP contribution in [0.1, 0.15) is 24.4 Å². The van der Waals surface area contributed by atoms with Crippen LogP contribution in [0.5, 0.6) is 0 Å². The standard InChI is InChI=1S/C18H20N4/c1-4-5-6-10-17-20-21-18(22(17)3)15-8-7-9-16-14(15)12-11-13(2)19-16/h4,7-9,11-12H,1,5-6,10H2,2-3H3. The molecule has 0 bridgehead atoms. The average Bonchev–Trinajstić information content (AvgIpc) is 2.88. The molecule has 22 heavy (non-hydrogen) atoms. The first-order valence-electron chi connectivity index (χ1n) is 7.56. The highest BCUT2D eigenvalue weighted by molar-refractivity contribution is 5.92. The summed E-state index contributed by atoms with van der Waals surface area (Å²) in [5, 5.41) is 9.86. The van der Waals surface area contributed by atoms with Crippen LogP contribution >= 0.6 is 0 Å². The molecule has 0 fully saturated rings. The molecule has 0 saturated carbocycles. The van der Waals surface area contributed by atoms with E-state index in [1.807, 2.05) is 38.2 Å². The highest BCUT2D eigenvalue weighted by atomic mass is 15.3. The number of benzene rings is 1. The molecule has 0 N–H and O–H groups in total. The van der Waals surface area contributed by atoms with Gasteiger partial charge in [0.15, 0.2) is 5.82 Å². The van der Waals surface area contributed by atoms with Crippen molar-refractivity contribution in [2.45, 2.75) is 26.2 Å². The van der Waals surface area contributed by atoms with Crippen LogP contribution in [0.3, 0.4) is 0 Å². The number of nitrogens with zero attached hydrogens (tertiary/aromatic N) is 4. The Kier molecular flexibility index (Phi) is 4.00. The Bertz CT molecular complexity index is 817. The van der Waals surface area contributed by atoms with E-state index < -0.39 is 0 Å². The molecule has 0 aliphatic heterocycles. The lowest BCUT2D eigenvalue weighted by Gasteiger charge is -2.07. The van der Waals surface area contributed by atoms with E-state index in [9.17, 15) is 0 Å². The maximum absolute atomic E-state index is 4.59. The Balaban J connectivity index is 2.03. The predicted molar refractivity (Wildman–Crippen MR) is 89.6 cm³/mol.